The molecule has 1 aliphatic rings. The van der Waals surface area contributed by atoms with Crippen LogP contribution in [0.5, 0.6) is 0 Å². The van der Waals surface area contributed by atoms with E-state index < -0.39 is 0 Å². The minimum absolute atomic E-state index is 0.0789. The molecule has 0 spiro atoms. The first-order valence-corrected chi connectivity index (χ1v) is 6.90. The highest BCUT2D eigenvalue weighted by atomic mass is 127. The molecule has 0 aromatic heterocycles. The molecule has 0 unspecified atom stereocenters. The Balaban J connectivity index is 2.33. The Morgan fingerprint density at radius 1 is 1.15 bits per heavy atom. The van der Waals surface area contributed by atoms with E-state index in [9.17, 15) is 0 Å². The van der Waals surface area contributed by atoms with Gasteiger partial charge in [-0.2, -0.15) is 0 Å². The van der Waals surface area contributed by atoms with Crippen LogP contribution in [0, 0.1) is 0 Å². The van der Waals surface area contributed by atoms with E-state index in [1.54, 1.807) is 0 Å². The van der Waals surface area contributed by atoms with Crippen molar-refractivity contribution in [2.75, 3.05) is 4.43 Å². The SMILES string of the molecule is CC(C)(CI)OC1CCCCCC1. The van der Waals surface area contributed by atoms with Crippen molar-refractivity contribution < 1.29 is 4.74 Å². The number of ether oxygens (including phenoxy) is 1. The molecule has 13 heavy (non-hydrogen) atoms. The van der Waals surface area contributed by atoms with Gasteiger partial charge in [0, 0.05) is 4.43 Å². The molecule has 0 aromatic rings. The van der Waals surface area contributed by atoms with Crippen LogP contribution in [0.25, 0.3) is 0 Å². The molecule has 1 saturated carbocycles. The molecule has 0 aliphatic heterocycles. The van der Waals surface area contributed by atoms with Crippen LogP contribution in [-0.2, 0) is 4.74 Å². The number of rotatable bonds is 3. The number of alkyl halides is 1. The summed E-state index contributed by atoms with van der Waals surface area (Å²) in [6.45, 7) is 4.40. The van der Waals surface area contributed by atoms with Crippen molar-refractivity contribution in [3.05, 3.63) is 0 Å². The largest absolute Gasteiger partial charge is 0.372 e. The molecule has 0 atom stereocenters. The molecule has 0 amide bonds. The van der Waals surface area contributed by atoms with E-state index >= 15 is 0 Å². The molecule has 1 aliphatic carbocycles. The molecule has 0 aromatic carbocycles. The highest BCUT2D eigenvalue weighted by Crippen LogP contribution is 2.25. The van der Waals surface area contributed by atoms with Crippen molar-refractivity contribution in [1.82, 2.24) is 0 Å². The van der Waals surface area contributed by atoms with Gasteiger partial charge in [-0.3, -0.25) is 0 Å². The fraction of sp³-hybridized carbons (Fsp3) is 1.00. The summed E-state index contributed by atoms with van der Waals surface area (Å²) in [5, 5.41) is 0. The summed E-state index contributed by atoms with van der Waals surface area (Å²) in [5.74, 6) is 0. The van der Waals surface area contributed by atoms with Crippen LogP contribution in [0.2, 0.25) is 0 Å². The summed E-state index contributed by atoms with van der Waals surface area (Å²) < 4.78 is 7.18. The van der Waals surface area contributed by atoms with Crippen LogP contribution in [0.3, 0.4) is 0 Å². The zero-order chi connectivity index (χ0) is 9.73. The van der Waals surface area contributed by atoms with E-state index in [-0.39, 0.29) is 5.60 Å². The third kappa shape index (κ3) is 4.63. The number of hydrogen-bond donors (Lipinski definition) is 0. The topological polar surface area (TPSA) is 9.23 Å². The Hall–Kier alpha value is 0.690. The van der Waals surface area contributed by atoms with Crippen LogP contribution >= 0.6 is 22.6 Å². The molecule has 0 heterocycles. The van der Waals surface area contributed by atoms with Crippen molar-refractivity contribution in [2.45, 2.75) is 64.1 Å². The molecule has 1 fully saturated rings. The van der Waals surface area contributed by atoms with Gasteiger partial charge in [-0.15, -0.1) is 0 Å². The van der Waals surface area contributed by atoms with Gasteiger partial charge >= 0.3 is 0 Å². The Kier molecular flexibility index (Phi) is 5.01. The second-order valence-corrected chi connectivity index (χ2v) is 5.39. The zero-order valence-electron chi connectivity index (χ0n) is 8.81. The maximum atomic E-state index is 6.10. The fourth-order valence-electron chi connectivity index (χ4n) is 1.84. The summed E-state index contributed by atoms with van der Waals surface area (Å²) in [6, 6.07) is 0. The minimum Gasteiger partial charge on any atom is -0.372 e. The average Bonchev–Trinajstić information content (AvgIpc) is 2.32. The maximum absolute atomic E-state index is 6.10. The van der Waals surface area contributed by atoms with Crippen LogP contribution in [0.15, 0.2) is 0 Å². The van der Waals surface area contributed by atoms with Crippen molar-refractivity contribution in [3.63, 3.8) is 0 Å². The lowest BCUT2D eigenvalue weighted by Crippen LogP contribution is -2.31. The molecule has 78 valence electrons. The van der Waals surface area contributed by atoms with Gasteiger partial charge in [0.25, 0.3) is 0 Å². The fourth-order valence-corrected chi connectivity index (χ4v) is 2.02. The van der Waals surface area contributed by atoms with E-state index in [0.717, 1.165) is 4.43 Å². The van der Waals surface area contributed by atoms with Gasteiger partial charge in [0.2, 0.25) is 0 Å². The summed E-state index contributed by atoms with van der Waals surface area (Å²) in [7, 11) is 0. The van der Waals surface area contributed by atoms with E-state index in [2.05, 4.69) is 36.4 Å². The van der Waals surface area contributed by atoms with Gasteiger partial charge in [-0.1, -0.05) is 48.3 Å². The predicted octanol–water partition coefficient (Wildman–Crippen LogP) is 3.94. The highest BCUT2D eigenvalue weighted by Gasteiger charge is 2.22. The first-order chi connectivity index (χ1) is 6.14. The van der Waals surface area contributed by atoms with Gasteiger partial charge < -0.3 is 4.74 Å². The van der Waals surface area contributed by atoms with Crippen molar-refractivity contribution >= 4 is 22.6 Å². The Bertz CT molecular complexity index is 137. The summed E-state index contributed by atoms with van der Waals surface area (Å²) >= 11 is 2.41. The second kappa shape index (κ2) is 5.54. The van der Waals surface area contributed by atoms with Crippen molar-refractivity contribution in [3.8, 4) is 0 Å². The van der Waals surface area contributed by atoms with E-state index in [1.165, 1.54) is 38.5 Å². The number of halogens is 1. The smallest absolute Gasteiger partial charge is 0.0719 e. The Labute approximate surface area is 95.8 Å². The number of hydrogen-bond acceptors (Lipinski definition) is 1. The molecule has 0 saturated heterocycles. The normalized spacial score (nSPS) is 21.5. The quantitative estimate of drug-likeness (QED) is 0.435. The molecule has 1 nitrogen and oxygen atoms in total. The first-order valence-electron chi connectivity index (χ1n) is 5.38. The molecule has 2 heteroatoms. The van der Waals surface area contributed by atoms with Crippen LogP contribution < -0.4 is 0 Å². The predicted molar refractivity (Wildman–Crippen MR) is 65.5 cm³/mol. The average molecular weight is 296 g/mol. The van der Waals surface area contributed by atoms with Crippen molar-refractivity contribution in [2.24, 2.45) is 0 Å². The summed E-state index contributed by atoms with van der Waals surface area (Å²) in [5.41, 5.74) is 0.0789. The zero-order valence-corrected chi connectivity index (χ0v) is 11.0. The van der Waals surface area contributed by atoms with Crippen LogP contribution in [0.4, 0.5) is 0 Å². The summed E-state index contributed by atoms with van der Waals surface area (Å²) in [4.78, 5) is 0. The minimum atomic E-state index is 0.0789. The molecule has 0 N–H and O–H groups in total. The lowest BCUT2D eigenvalue weighted by Gasteiger charge is -2.28. The Morgan fingerprint density at radius 2 is 1.69 bits per heavy atom. The van der Waals surface area contributed by atoms with Gasteiger partial charge in [0.15, 0.2) is 0 Å². The van der Waals surface area contributed by atoms with Crippen LogP contribution in [0.1, 0.15) is 52.4 Å². The first kappa shape index (κ1) is 11.8. The monoisotopic (exact) mass is 296 g/mol. The van der Waals surface area contributed by atoms with E-state index in [1.807, 2.05) is 0 Å². The molecule has 0 radical (unpaired) electrons. The third-order valence-electron chi connectivity index (χ3n) is 2.61. The highest BCUT2D eigenvalue weighted by molar-refractivity contribution is 14.1. The molecule has 1 rings (SSSR count). The van der Waals surface area contributed by atoms with E-state index in [4.69, 9.17) is 4.74 Å². The standard InChI is InChI=1S/C11H21IO/c1-11(2,9-12)13-10-7-5-3-4-6-8-10/h10H,3-9H2,1-2H3. The third-order valence-corrected chi connectivity index (χ3v) is 4.45. The maximum Gasteiger partial charge on any atom is 0.0719 e. The van der Waals surface area contributed by atoms with E-state index in [0.29, 0.717) is 6.10 Å². The van der Waals surface area contributed by atoms with Crippen molar-refractivity contribution in [1.29, 1.82) is 0 Å². The van der Waals surface area contributed by atoms with Crippen LogP contribution in [-0.4, -0.2) is 16.1 Å². The Morgan fingerprint density at radius 3 is 2.15 bits per heavy atom. The molecule has 0 bridgehead atoms. The lowest BCUT2D eigenvalue weighted by molar-refractivity contribution is -0.0603. The summed E-state index contributed by atoms with van der Waals surface area (Å²) in [6.07, 6.45) is 8.63. The molecular weight excluding hydrogens is 275 g/mol. The van der Waals surface area contributed by atoms with Gasteiger partial charge in [-0.25, -0.2) is 0 Å². The second-order valence-electron chi connectivity index (χ2n) is 4.62. The van der Waals surface area contributed by atoms with Gasteiger partial charge in [0.1, 0.15) is 0 Å². The lowest BCUT2D eigenvalue weighted by atomic mass is 10.1. The molecular formula is C11H21IO. The van der Waals surface area contributed by atoms with Gasteiger partial charge in [0.05, 0.1) is 11.7 Å². The van der Waals surface area contributed by atoms with Gasteiger partial charge in [-0.05, 0) is 26.7 Å².